The highest BCUT2D eigenvalue weighted by Gasteiger charge is 2.26. The molecule has 1 saturated heterocycles. The predicted octanol–water partition coefficient (Wildman–Crippen LogP) is 1.37. The number of nitrogens with one attached hydrogen (secondary N) is 1. The molecular formula is C11H10N2OS. The molecule has 0 aliphatic carbocycles. The van der Waals surface area contributed by atoms with Crippen LogP contribution in [0.15, 0.2) is 36.0 Å². The Morgan fingerprint density at radius 1 is 1.33 bits per heavy atom. The van der Waals surface area contributed by atoms with Crippen molar-refractivity contribution >= 4 is 29.3 Å². The van der Waals surface area contributed by atoms with Gasteiger partial charge in [-0.3, -0.25) is 9.69 Å². The van der Waals surface area contributed by atoms with Gasteiger partial charge in [-0.2, -0.15) is 0 Å². The maximum absolute atomic E-state index is 11.6. The van der Waals surface area contributed by atoms with Crippen molar-refractivity contribution in [1.82, 2.24) is 10.2 Å². The Kier molecular flexibility index (Phi) is 2.51. The highest BCUT2D eigenvalue weighted by Crippen LogP contribution is 2.11. The summed E-state index contributed by atoms with van der Waals surface area (Å²) in [6.45, 7) is 0. The van der Waals surface area contributed by atoms with Gasteiger partial charge in [0.25, 0.3) is 5.91 Å². The summed E-state index contributed by atoms with van der Waals surface area (Å²) in [6.07, 6.45) is 1.79. The van der Waals surface area contributed by atoms with Crippen molar-refractivity contribution in [3.63, 3.8) is 0 Å². The molecule has 1 aliphatic rings. The van der Waals surface area contributed by atoms with Crippen LogP contribution in [0.3, 0.4) is 0 Å². The molecule has 15 heavy (non-hydrogen) atoms. The predicted molar refractivity (Wildman–Crippen MR) is 62.9 cm³/mol. The second kappa shape index (κ2) is 3.82. The number of amides is 1. The SMILES string of the molecule is CN1C(=O)C(=Cc2ccccc2)NC1=S. The zero-order chi connectivity index (χ0) is 10.8. The van der Waals surface area contributed by atoms with Crippen molar-refractivity contribution in [3.05, 3.63) is 41.6 Å². The van der Waals surface area contributed by atoms with Crippen LogP contribution in [0.4, 0.5) is 0 Å². The average molecular weight is 218 g/mol. The number of thiocarbonyl (C=S) groups is 1. The lowest BCUT2D eigenvalue weighted by atomic mass is 10.2. The number of carbonyl (C=O) groups is 1. The van der Waals surface area contributed by atoms with Crippen molar-refractivity contribution < 1.29 is 4.79 Å². The third kappa shape index (κ3) is 1.89. The van der Waals surface area contributed by atoms with Gasteiger partial charge in [-0.15, -0.1) is 0 Å². The highest BCUT2D eigenvalue weighted by molar-refractivity contribution is 7.80. The van der Waals surface area contributed by atoms with Crippen molar-refractivity contribution in [2.75, 3.05) is 7.05 Å². The molecule has 1 fully saturated rings. The van der Waals surface area contributed by atoms with Gasteiger partial charge in [0.1, 0.15) is 5.70 Å². The number of hydrogen-bond donors (Lipinski definition) is 1. The summed E-state index contributed by atoms with van der Waals surface area (Å²) in [5, 5.41) is 3.32. The Hall–Kier alpha value is -1.68. The Morgan fingerprint density at radius 3 is 2.53 bits per heavy atom. The van der Waals surface area contributed by atoms with Crippen LogP contribution in [0.25, 0.3) is 6.08 Å². The first-order valence-corrected chi connectivity index (χ1v) is 4.95. The van der Waals surface area contributed by atoms with E-state index >= 15 is 0 Å². The van der Waals surface area contributed by atoms with Crippen molar-refractivity contribution in [1.29, 1.82) is 0 Å². The number of carbonyl (C=O) groups excluding carboxylic acids is 1. The van der Waals surface area contributed by atoms with Crippen LogP contribution in [0.1, 0.15) is 5.56 Å². The quantitative estimate of drug-likeness (QED) is 0.571. The van der Waals surface area contributed by atoms with Gasteiger partial charge in [-0.25, -0.2) is 0 Å². The lowest BCUT2D eigenvalue weighted by Gasteiger charge is -2.02. The molecule has 4 heteroatoms. The van der Waals surface area contributed by atoms with Crippen molar-refractivity contribution in [2.45, 2.75) is 0 Å². The zero-order valence-electron chi connectivity index (χ0n) is 8.23. The average Bonchev–Trinajstić information content (AvgIpc) is 2.48. The molecule has 0 spiro atoms. The standard InChI is InChI=1S/C11H10N2OS/c1-13-10(14)9(12-11(13)15)7-8-5-3-2-4-6-8/h2-7H,1H3,(H,12,15). The van der Waals surface area contributed by atoms with Gasteiger partial charge < -0.3 is 5.32 Å². The maximum Gasteiger partial charge on any atom is 0.276 e. The molecule has 2 rings (SSSR count). The first-order valence-electron chi connectivity index (χ1n) is 4.54. The molecule has 0 atom stereocenters. The van der Waals surface area contributed by atoms with Crippen molar-refractivity contribution in [2.24, 2.45) is 0 Å². The molecule has 0 bridgehead atoms. The molecule has 0 saturated carbocycles. The van der Waals surface area contributed by atoms with Gasteiger partial charge in [-0.05, 0) is 23.9 Å². The van der Waals surface area contributed by atoms with Crippen LogP contribution < -0.4 is 5.32 Å². The molecule has 0 radical (unpaired) electrons. The van der Waals surface area contributed by atoms with Gasteiger partial charge in [0.05, 0.1) is 0 Å². The third-order valence-corrected chi connectivity index (χ3v) is 2.57. The minimum atomic E-state index is -0.0937. The molecule has 1 amide bonds. The molecule has 76 valence electrons. The fourth-order valence-electron chi connectivity index (χ4n) is 1.34. The second-order valence-corrected chi connectivity index (χ2v) is 3.65. The number of benzene rings is 1. The largest absolute Gasteiger partial charge is 0.328 e. The van der Waals surface area contributed by atoms with E-state index in [1.807, 2.05) is 30.3 Å². The summed E-state index contributed by atoms with van der Waals surface area (Å²) in [4.78, 5) is 13.0. The molecule has 1 aromatic rings. The topological polar surface area (TPSA) is 32.3 Å². The summed E-state index contributed by atoms with van der Waals surface area (Å²) in [6, 6.07) is 9.65. The maximum atomic E-state index is 11.6. The fourth-order valence-corrected chi connectivity index (χ4v) is 1.53. The normalized spacial score (nSPS) is 18.5. The van der Waals surface area contributed by atoms with Gasteiger partial charge in [0.2, 0.25) is 0 Å². The smallest absolute Gasteiger partial charge is 0.276 e. The molecule has 0 aromatic heterocycles. The van der Waals surface area contributed by atoms with Gasteiger partial charge >= 0.3 is 0 Å². The second-order valence-electron chi connectivity index (χ2n) is 3.26. The minimum absolute atomic E-state index is 0.0937. The summed E-state index contributed by atoms with van der Waals surface area (Å²) in [7, 11) is 1.66. The van der Waals surface area contributed by atoms with E-state index in [9.17, 15) is 4.79 Å². The number of nitrogens with zero attached hydrogens (tertiary/aromatic N) is 1. The third-order valence-electron chi connectivity index (χ3n) is 2.19. The summed E-state index contributed by atoms with van der Waals surface area (Å²) in [5.41, 5.74) is 1.50. The van der Waals surface area contributed by atoms with E-state index < -0.39 is 0 Å². The molecule has 1 N–H and O–H groups in total. The highest BCUT2D eigenvalue weighted by atomic mass is 32.1. The lowest BCUT2D eigenvalue weighted by molar-refractivity contribution is -0.121. The summed E-state index contributed by atoms with van der Waals surface area (Å²) >= 11 is 4.97. The van der Waals surface area contributed by atoms with E-state index in [0.717, 1.165) is 5.56 Å². The van der Waals surface area contributed by atoms with E-state index in [2.05, 4.69) is 5.32 Å². The van der Waals surface area contributed by atoms with E-state index in [1.165, 1.54) is 4.90 Å². The molecule has 0 unspecified atom stereocenters. The van der Waals surface area contributed by atoms with Crippen LogP contribution in [0.2, 0.25) is 0 Å². The minimum Gasteiger partial charge on any atom is -0.328 e. The molecule has 1 aromatic carbocycles. The van der Waals surface area contributed by atoms with Gasteiger partial charge in [0, 0.05) is 7.05 Å². The summed E-state index contributed by atoms with van der Waals surface area (Å²) in [5.74, 6) is -0.0937. The molecule has 1 aliphatic heterocycles. The van der Waals surface area contributed by atoms with Crippen LogP contribution in [0, 0.1) is 0 Å². The van der Waals surface area contributed by atoms with E-state index in [0.29, 0.717) is 10.8 Å². The van der Waals surface area contributed by atoms with E-state index in [-0.39, 0.29) is 5.91 Å². The van der Waals surface area contributed by atoms with Crippen LogP contribution in [0.5, 0.6) is 0 Å². The van der Waals surface area contributed by atoms with E-state index in [1.54, 1.807) is 13.1 Å². The van der Waals surface area contributed by atoms with Gasteiger partial charge in [-0.1, -0.05) is 30.3 Å². The lowest BCUT2D eigenvalue weighted by Crippen LogP contribution is -2.25. The van der Waals surface area contributed by atoms with Gasteiger partial charge in [0.15, 0.2) is 5.11 Å². The monoisotopic (exact) mass is 218 g/mol. The van der Waals surface area contributed by atoms with Crippen LogP contribution in [-0.2, 0) is 4.79 Å². The Morgan fingerprint density at radius 2 is 2.00 bits per heavy atom. The first kappa shape index (κ1) is 9.86. The van der Waals surface area contributed by atoms with Crippen LogP contribution >= 0.6 is 12.2 Å². The zero-order valence-corrected chi connectivity index (χ0v) is 9.04. The molecular weight excluding hydrogens is 208 g/mol. The van der Waals surface area contributed by atoms with E-state index in [4.69, 9.17) is 12.2 Å². The molecule has 1 heterocycles. The number of rotatable bonds is 1. The number of hydrogen-bond acceptors (Lipinski definition) is 2. The Bertz CT molecular complexity index is 439. The Balaban J connectivity index is 2.30. The molecule has 3 nitrogen and oxygen atoms in total. The van der Waals surface area contributed by atoms with Crippen molar-refractivity contribution in [3.8, 4) is 0 Å². The van der Waals surface area contributed by atoms with Crippen LogP contribution in [-0.4, -0.2) is 23.0 Å². The Labute approximate surface area is 93.4 Å². The fraction of sp³-hybridized carbons (Fsp3) is 0.0909. The number of likely N-dealkylation sites (N-methyl/N-ethyl adjacent to an activating group) is 1. The summed E-state index contributed by atoms with van der Waals surface area (Å²) < 4.78 is 0. The first-order chi connectivity index (χ1) is 7.18.